The summed E-state index contributed by atoms with van der Waals surface area (Å²) in [6.45, 7) is 3.34. The standard InChI is InChI=1S/C32H28F2N6O4/c1-2-43-28-10-8-24(32(42)40(28)22-6-3-20(33)4-7-22)31(41)38-21-5-9-26(25(34)14-21)44-27-13-18-17-37-39-12-11-23(30(18)39)29(27)19(15-35)16-36/h3-10,13-16,35,37H,2,11-12,17,36H2,1H3,(H,38,41)/b19-16+,35-15?. The lowest BCUT2D eigenvalue weighted by Gasteiger charge is -2.18. The van der Waals surface area contributed by atoms with Crippen molar-refractivity contribution in [1.82, 2.24) is 9.99 Å². The molecule has 44 heavy (non-hydrogen) atoms. The molecule has 0 radical (unpaired) electrons. The molecule has 4 aromatic rings. The van der Waals surface area contributed by atoms with Crippen LogP contribution in [0.3, 0.4) is 0 Å². The number of hydrazine groups is 1. The van der Waals surface area contributed by atoms with E-state index in [0.717, 1.165) is 35.6 Å². The number of nitrogens with two attached hydrogens (primary N) is 1. The maximum absolute atomic E-state index is 15.4. The van der Waals surface area contributed by atoms with Gasteiger partial charge in [-0.1, -0.05) is 0 Å². The van der Waals surface area contributed by atoms with Crippen molar-refractivity contribution in [3.05, 3.63) is 111 Å². The number of anilines is 2. The molecule has 12 heteroatoms. The van der Waals surface area contributed by atoms with Gasteiger partial charge in [0.25, 0.3) is 11.5 Å². The molecule has 3 heterocycles. The lowest BCUT2D eigenvalue weighted by molar-refractivity contribution is 0.102. The molecule has 0 saturated carbocycles. The SMILES string of the molecule is CCOc1ccc(C(=O)Nc2ccc(Oc3cc4c5c(c3/C(C=N)=C/N)CCN5NC4)c(F)c2)c(=O)n1-c1ccc(F)cc1. The number of pyridine rings is 1. The molecule has 224 valence electrons. The summed E-state index contributed by atoms with van der Waals surface area (Å²) in [5.74, 6) is -1.57. The van der Waals surface area contributed by atoms with E-state index in [0.29, 0.717) is 35.5 Å². The van der Waals surface area contributed by atoms with Crippen LogP contribution in [0, 0.1) is 17.0 Å². The summed E-state index contributed by atoms with van der Waals surface area (Å²) >= 11 is 0. The van der Waals surface area contributed by atoms with Crippen molar-refractivity contribution in [1.29, 1.82) is 5.41 Å². The van der Waals surface area contributed by atoms with E-state index in [-0.39, 0.29) is 29.5 Å². The van der Waals surface area contributed by atoms with Gasteiger partial charge in [0, 0.05) is 48.4 Å². The number of carbonyl (C=O) groups excluding carboxylic acids is 1. The van der Waals surface area contributed by atoms with Gasteiger partial charge in [0.1, 0.15) is 17.1 Å². The van der Waals surface area contributed by atoms with E-state index in [9.17, 15) is 14.0 Å². The second-order valence-electron chi connectivity index (χ2n) is 10.1. The molecule has 2 aliphatic heterocycles. The Kier molecular flexibility index (Phi) is 7.58. The Morgan fingerprint density at radius 3 is 2.61 bits per heavy atom. The molecule has 0 saturated heterocycles. The van der Waals surface area contributed by atoms with Gasteiger partial charge < -0.3 is 30.9 Å². The zero-order valence-electron chi connectivity index (χ0n) is 23.6. The second-order valence-corrected chi connectivity index (χ2v) is 10.1. The molecule has 0 aliphatic carbocycles. The molecule has 0 atom stereocenters. The Bertz CT molecular complexity index is 1890. The molecule has 10 nitrogen and oxygen atoms in total. The normalized spacial score (nSPS) is 13.5. The number of amides is 1. The Morgan fingerprint density at radius 1 is 1.11 bits per heavy atom. The highest BCUT2D eigenvalue weighted by Gasteiger charge is 2.33. The molecule has 1 amide bonds. The number of nitrogens with zero attached hydrogens (tertiary/aromatic N) is 2. The minimum absolute atomic E-state index is 0.0936. The second kappa shape index (κ2) is 11.7. The Hall–Kier alpha value is -5.49. The predicted molar refractivity (Wildman–Crippen MR) is 163 cm³/mol. The summed E-state index contributed by atoms with van der Waals surface area (Å²) in [5.41, 5.74) is 12.7. The van der Waals surface area contributed by atoms with Gasteiger partial charge in [0.2, 0.25) is 5.88 Å². The molecule has 3 aromatic carbocycles. The predicted octanol–water partition coefficient (Wildman–Crippen LogP) is 4.89. The van der Waals surface area contributed by atoms with Crippen molar-refractivity contribution in [3.8, 4) is 23.1 Å². The number of aromatic nitrogens is 1. The summed E-state index contributed by atoms with van der Waals surface area (Å²) in [6.07, 6.45) is 3.16. The third kappa shape index (κ3) is 5.05. The van der Waals surface area contributed by atoms with Crippen LogP contribution in [-0.4, -0.2) is 29.8 Å². The number of benzene rings is 3. The first-order valence-electron chi connectivity index (χ1n) is 13.9. The molecular weight excluding hydrogens is 570 g/mol. The van der Waals surface area contributed by atoms with Gasteiger partial charge in [0.15, 0.2) is 11.6 Å². The highest BCUT2D eigenvalue weighted by atomic mass is 19.1. The first kappa shape index (κ1) is 28.6. The van der Waals surface area contributed by atoms with Gasteiger partial charge in [-0.2, -0.15) is 0 Å². The van der Waals surface area contributed by atoms with Gasteiger partial charge in [-0.25, -0.2) is 18.8 Å². The molecule has 6 rings (SSSR count). The molecule has 1 aromatic heterocycles. The number of rotatable bonds is 9. The molecule has 0 fully saturated rings. The number of carbonyl (C=O) groups is 1. The van der Waals surface area contributed by atoms with Crippen molar-refractivity contribution in [2.45, 2.75) is 19.9 Å². The average Bonchev–Trinajstić information content (AvgIpc) is 3.62. The van der Waals surface area contributed by atoms with Crippen LogP contribution in [0.4, 0.5) is 20.2 Å². The van der Waals surface area contributed by atoms with Gasteiger partial charge >= 0.3 is 0 Å². The number of ether oxygens (including phenoxy) is 2. The first-order valence-corrected chi connectivity index (χ1v) is 13.9. The number of nitrogens with one attached hydrogen (secondary N) is 3. The molecule has 0 bridgehead atoms. The minimum Gasteiger partial charge on any atom is -0.479 e. The summed E-state index contributed by atoms with van der Waals surface area (Å²) in [4.78, 5) is 26.5. The number of halogens is 2. The van der Waals surface area contributed by atoms with Crippen LogP contribution in [0.15, 0.2) is 71.7 Å². The van der Waals surface area contributed by atoms with Crippen LogP contribution < -0.4 is 36.5 Å². The Morgan fingerprint density at radius 2 is 1.91 bits per heavy atom. The van der Waals surface area contributed by atoms with E-state index in [4.69, 9.17) is 20.6 Å². The van der Waals surface area contributed by atoms with Gasteiger partial charge in [-0.05, 0) is 79.1 Å². The highest BCUT2D eigenvalue weighted by molar-refractivity contribution is 6.11. The smallest absolute Gasteiger partial charge is 0.270 e. The third-order valence-electron chi connectivity index (χ3n) is 7.46. The van der Waals surface area contributed by atoms with Crippen molar-refractivity contribution in [2.24, 2.45) is 5.73 Å². The molecule has 0 unspecified atom stereocenters. The van der Waals surface area contributed by atoms with E-state index in [1.54, 1.807) is 6.92 Å². The largest absolute Gasteiger partial charge is 0.479 e. The zero-order chi connectivity index (χ0) is 31.0. The third-order valence-corrected chi connectivity index (χ3v) is 7.46. The van der Waals surface area contributed by atoms with E-state index >= 15 is 4.39 Å². The molecule has 0 spiro atoms. The van der Waals surface area contributed by atoms with Gasteiger partial charge in [0.05, 0.1) is 18.0 Å². The van der Waals surface area contributed by atoms with Crippen LogP contribution in [-0.2, 0) is 13.0 Å². The monoisotopic (exact) mass is 598 g/mol. The maximum atomic E-state index is 15.4. The lowest BCUT2D eigenvalue weighted by atomic mass is 9.95. The molecule has 2 aliphatic rings. The lowest BCUT2D eigenvalue weighted by Crippen LogP contribution is -2.30. The van der Waals surface area contributed by atoms with Crippen LogP contribution in [0.1, 0.15) is 34.0 Å². The Balaban J connectivity index is 1.28. The summed E-state index contributed by atoms with van der Waals surface area (Å²) < 4.78 is 41.7. The fourth-order valence-electron chi connectivity index (χ4n) is 5.52. The number of hydrogen-bond donors (Lipinski definition) is 4. The summed E-state index contributed by atoms with van der Waals surface area (Å²) in [7, 11) is 0. The zero-order valence-corrected chi connectivity index (χ0v) is 23.6. The van der Waals surface area contributed by atoms with E-state index in [1.807, 2.05) is 11.1 Å². The summed E-state index contributed by atoms with van der Waals surface area (Å²) in [5, 5.41) is 12.5. The van der Waals surface area contributed by atoms with E-state index in [1.165, 1.54) is 59.3 Å². The number of hydrogen-bond acceptors (Lipinski definition) is 8. The quantitative estimate of drug-likeness (QED) is 0.202. The Labute approximate surface area is 250 Å². The highest BCUT2D eigenvalue weighted by Crippen LogP contribution is 2.45. The fraction of sp³-hybridized carbons (Fsp3) is 0.156. The van der Waals surface area contributed by atoms with Crippen molar-refractivity contribution in [3.63, 3.8) is 0 Å². The van der Waals surface area contributed by atoms with Gasteiger partial charge in [-0.15, -0.1) is 0 Å². The van der Waals surface area contributed by atoms with Crippen molar-refractivity contribution in [2.75, 3.05) is 23.5 Å². The van der Waals surface area contributed by atoms with Crippen LogP contribution in [0.2, 0.25) is 0 Å². The fourth-order valence-corrected chi connectivity index (χ4v) is 5.52. The van der Waals surface area contributed by atoms with Crippen LogP contribution >= 0.6 is 0 Å². The summed E-state index contributed by atoms with van der Waals surface area (Å²) in [6, 6.07) is 13.7. The molecular formula is C32H28F2N6O4. The topological polar surface area (TPSA) is 135 Å². The molecule has 5 N–H and O–H groups in total. The van der Waals surface area contributed by atoms with Gasteiger partial charge in [-0.3, -0.25) is 9.59 Å². The number of allylic oxidation sites excluding steroid dienone is 1. The maximum Gasteiger partial charge on any atom is 0.270 e. The first-order chi connectivity index (χ1) is 21.3. The van der Waals surface area contributed by atoms with E-state index in [2.05, 4.69) is 10.7 Å². The minimum atomic E-state index is -0.772. The average molecular weight is 599 g/mol. The van der Waals surface area contributed by atoms with Crippen molar-refractivity contribution >= 4 is 29.1 Å². The van der Waals surface area contributed by atoms with E-state index < -0.39 is 23.1 Å². The van der Waals surface area contributed by atoms with Crippen LogP contribution in [0.5, 0.6) is 17.4 Å². The van der Waals surface area contributed by atoms with Crippen molar-refractivity contribution < 1.29 is 23.0 Å². The van der Waals surface area contributed by atoms with Crippen LogP contribution in [0.25, 0.3) is 11.3 Å².